The Morgan fingerprint density at radius 2 is 1.54 bits per heavy atom. The van der Waals surface area contributed by atoms with Crippen LogP contribution in [-0.2, 0) is 11.3 Å². The minimum absolute atomic E-state index is 0.00433. The van der Waals surface area contributed by atoms with E-state index in [1.54, 1.807) is 45.2 Å². The van der Waals surface area contributed by atoms with E-state index < -0.39 is 11.7 Å². The lowest BCUT2D eigenvalue weighted by Crippen LogP contribution is -2.37. The van der Waals surface area contributed by atoms with Gasteiger partial charge in [-0.1, -0.05) is 0 Å². The molecule has 0 saturated heterocycles. The molecule has 210 valence electrons. The highest BCUT2D eigenvalue weighted by Gasteiger charge is 2.25. The topological polar surface area (TPSA) is 180 Å². The van der Waals surface area contributed by atoms with Crippen LogP contribution in [-0.4, -0.2) is 59.5 Å². The fourth-order valence-corrected chi connectivity index (χ4v) is 3.63. The van der Waals surface area contributed by atoms with Crippen LogP contribution in [0.5, 0.6) is 0 Å². The zero-order chi connectivity index (χ0) is 28.6. The Morgan fingerprint density at radius 1 is 0.949 bits per heavy atom. The third-order valence-electron chi connectivity index (χ3n) is 5.71. The van der Waals surface area contributed by atoms with E-state index in [0.717, 1.165) is 12.8 Å². The average Bonchev–Trinajstić information content (AvgIpc) is 3.58. The number of aromatic nitrogens is 1. The van der Waals surface area contributed by atoms with Crippen molar-refractivity contribution in [3.63, 3.8) is 0 Å². The number of nitrogens with one attached hydrogen (secondary N) is 5. The summed E-state index contributed by atoms with van der Waals surface area (Å²) in [5.41, 5.74) is 6.37. The summed E-state index contributed by atoms with van der Waals surface area (Å²) < 4.78 is 6.97. The normalized spacial score (nSPS) is 12.8. The Morgan fingerprint density at radius 3 is 2.13 bits per heavy atom. The summed E-state index contributed by atoms with van der Waals surface area (Å²) in [6.07, 6.45) is 3.64. The number of ether oxygens (including phenoxy) is 1. The van der Waals surface area contributed by atoms with Gasteiger partial charge in [-0.15, -0.1) is 0 Å². The van der Waals surface area contributed by atoms with Crippen molar-refractivity contribution in [2.24, 2.45) is 11.7 Å². The summed E-state index contributed by atoms with van der Waals surface area (Å²) in [5.74, 6) is -0.512. The van der Waals surface area contributed by atoms with Crippen LogP contribution in [0.15, 0.2) is 36.5 Å². The Balaban J connectivity index is 1.53. The van der Waals surface area contributed by atoms with Crippen molar-refractivity contribution in [3.8, 4) is 0 Å². The maximum atomic E-state index is 12.8. The molecule has 0 atom stereocenters. The second kappa shape index (κ2) is 12.9. The van der Waals surface area contributed by atoms with E-state index in [9.17, 15) is 19.2 Å². The van der Waals surface area contributed by atoms with Gasteiger partial charge in [0.25, 0.3) is 17.7 Å². The van der Waals surface area contributed by atoms with Crippen LogP contribution in [0.3, 0.4) is 0 Å². The Labute approximate surface area is 227 Å². The van der Waals surface area contributed by atoms with Gasteiger partial charge in [0.05, 0.1) is 11.5 Å². The van der Waals surface area contributed by atoms with Crippen molar-refractivity contribution in [3.05, 3.63) is 53.3 Å². The number of carbonyl (C=O) groups is 4. The maximum absolute atomic E-state index is 12.8. The number of hydrogen-bond acceptors (Lipinski definition) is 6. The largest absolute Gasteiger partial charge is 0.444 e. The number of amidine groups is 1. The molecule has 1 aliphatic carbocycles. The standard InChI is InChI=1S/C27H37N7O5/c1-27(2,3)39-26(38)32-13-12-31-23(35)18-6-8-19(9-7-18)24(36)33-20-14-21(25(37)30-11-10-22(28)29)34(16-20)15-17-4-5-17/h6-9,14,16-17H,4-5,10-13,15H2,1-3H3,(H3,28,29)(H,30,37)(H,31,35)(H,32,38)(H,33,36). The molecular weight excluding hydrogens is 502 g/mol. The molecular formula is C27H37N7O5. The molecule has 1 aliphatic rings. The fourth-order valence-electron chi connectivity index (χ4n) is 3.63. The van der Waals surface area contributed by atoms with Gasteiger partial charge in [-0.3, -0.25) is 19.8 Å². The minimum Gasteiger partial charge on any atom is -0.444 e. The van der Waals surface area contributed by atoms with Crippen molar-refractivity contribution in [2.45, 2.75) is 52.2 Å². The number of nitrogens with two attached hydrogens (primary N) is 1. The summed E-state index contributed by atoms with van der Waals surface area (Å²) in [5, 5.41) is 18.1. The molecule has 1 heterocycles. The zero-order valence-electron chi connectivity index (χ0n) is 22.6. The summed E-state index contributed by atoms with van der Waals surface area (Å²) in [6, 6.07) is 7.78. The van der Waals surface area contributed by atoms with Gasteiger partial charge in [0.2, 0.25) is 0 Å². The molecule has 1 aromatic carbocycles. The lowest BCUT2D eigenvalue weighted by molar-refractivity contribution is 0.0526. The number of alkyl carbamates (subject to hydrolysis) is 1. The lowest BCUT2D eigenvalue weighted by atomic mass is 10.1. The van der Waals surface area contributed by atoms with Gasteiger partial charge in [0.1, 0.15) is 11.3 Å². The third-order valence-corrected chi connectivity index (χ3v) is 5.71. The van der Waals surface area contributed by atoms with E-state index in [2.05, 4.69) is 21.3 Å². The second-order valence-electron chi connectivity index (χ2n) is 10.5. The van der Waals surface area contributed by atoms with Gasteiger partial charge < -0.3 is 36.3 Å². The van der Waals surface area contributed by atoms with Crippen LogP contribution in [0.1, 0.15) is 71.2 Å². The summed E-state index contributed by atoms with van der Waals surface area (Å²) in [6.45, 7) is 6.65. The molecule has 4 amide bonds. The summed E-state index contributed by atoms with van der Waals surface area (Å²) >= 11 is 0. The SMILES string of the molecule is CC(C)(C)OC(=O)NCCNC(=O)c1ccc(C(=O)Nc2cc(C(=O)NCCC(=N)N)n(CC3CC3)c2)cc1. The van der Waals surface area contributed by atoms with Crippen molar-refractivity contribution in [1.29, 1.82) is 5.41 Å². The second-order valence-corrected chi connectivity index (χ2v) is 10.5. The number of nitrogens with zero attached hydrogens (tertiary/aromatic N) is 1. The molecule has 12 nitrogen and oxygen atoms in total. The maximum Gasteiger partial charge on any atom is 0.407 e. The van der Waals surface area contributed by atoms with E-state index in [1.165, 1.54) is 12.1 Å². The van der Waals surface area contributed by atoms with Gasteiger partial charge >= 0.3 is 6.09 Å². The average molecular weight is 540 g/mol. The number of anilines is 1. The van der Waals surface area contributed by atoms with Gasteiger partial charge in [0, 0.05) is 49.9 Å². The van der Waals surface area contributed by atoms with Gasteiger partial charge in [-0.2, -0.15) is 0 Å². The molecule has 0 bridgehead atoms. The fraction of sp³-hybridized carbons (Fsp3) is 0.444. The molecule has 1 saturated carbocycles. The third kappa shape index (κ3) is 9.80. The van der Waals surface area contributed by atoms with E-state index in [4.69, 9.17) is 15.9 Å². The Bertz CT molecular complexity index is 1210. The van der Waals surface area contributed by atoms with Crippen LogP contribution in [0.25, 0.3) is 0 Å². The smallest absolute Gasteiger partial charge is 0.407 e. The monoisotopic (exact) mass is 539 g/mol. The Hall–Kier alpha value is -4.35. The zero-order valence-corrected chi connectivity index (χ0v) is 22.6. The minimum atomic E-state index is -0.601. The predicted octanol–water partition coefficient (Wildman–Crippen LogP) is 2.46. The summed E-state index contributed by atoms with van der Waals surface area (Å²) in [7, 11) is 0. The number of benzene rings is 1. The van der Waals surface area contributed by atoms with Gasteiger partial charge in [-0.05, 0) is 69.9 Å². The Kier molecular flexibility index (Phi) is 9.69. The first-order valence-corrected chi connectivity index (χ1v) is 12.9. The van der Waals surface area contributed by atoms with Gasteiger partial charge in [0.15, 0.2) is 0 Å². The lowest BCUT2D eigenvalue weighted by Gasteiger charge is -2.19. The molecule has 3 rings (SSSR count). The first-order valence-electron chi connectivity index (χ1n) is 12.9. The number of amides is 4. The van der Waals surface area contributed by atoms with Crippen LogP contribution in [0.4, 0.5) is 10.5 Å². The first kappa shape index (κ1) is 29.2. The molecule has 2 aromatic rings. The number of carbonyl (C=O) groups excluding carboxylic acids is 4. The van der Waals surface area contributed by atoms with Crippen LogP contribution in [0, 0.1) is 11.3 Å². The van der Waals surface area contributed by atoms with Crippen molar-refractivity contribution >= 4 is 35.3 Å². The molecule has 7 N–H and O–H groups in total. The first-order chi connectivity index (χ1) is 18.4. The van der Waals surface area contributed by atoms with Gasteiger partial charge in [-0.25, -0.2) is 4.79 Å². The van der Waals surface area contributed by atoms with Crippen molar-refractivity contribution in [1.82, 2.24) is 20.5 Å². The molecule has 0 radical (unpaired) electrons. The van der Waals surface area contributed by atoms with E-state index >= 15 is 0 Å². The highest BCUT2D eigenvalue weighted by molar-refractivity contribution is 6.06. The van der Waals surface area contributed by atoms with E-state index in [-0.39, 0.29) is 49.6 Å². The molecule has 39 heavy (non-hydrogen) atoms. The van der Waals surface area contributed by atoms with Crippen LogP contribution < -0.4 is 27.0 Å². The highest BCUT2D eigenvalue weighted by atomic mass is 16.6. The summed E-state index contributed by atoms with van der Waals surface area (Å²) in [4.78, 5) is 49.6. The number of rotatable bonds is 12. The molecule has 1 aromatic heterocycles. The molecule has 0 aliphatic heterocycles. The van der Waals surface area contributed by atoms with Crippen molar-refractivity contribution < 1.29 is 23.9 Å². The van der Waals surface area contributed by atoms with Crippen molar-refractivity contribution in [2.75, 3.05) is 25.0 Å². The van der Waals surface area contributed by atoms with E-state index in [1.807, 2.05) is 4.57 Å². The molecule has 12 heteroatoms. The molecule has 0 spiro atoms. The predicted molar refractivity (Wildman–Crippen MR) is 147 cm³/mol. The van der Waals surface area contributed by atoms with E-state index in [0.29, 0.717) is 35.0 Å². The van der Waals surface area contributed by atoms with Crippen LogP contribution >= 0.6 is 0 Å². The quantitative estimate of drug-likeness (QED) is 0.137. The number of hydrogen-bond donors (Lipinski definition) is 6. The van der Waals surface area contributed by atoms with Crippen LogP contribution in [0.2, 0.25) is 0 Å². The highest BCUT2D eigenvalue weighted by Crippen LogP contribution is 2.32. The molecule has 0 unspecified atom stereocenters. The molecule has 1 fully saturated rings.